The molecule has 0 aromatic heterocycles. The van der Waals surface area contributed by atoms with Crippen LogP contribution in [-0.2, 0) is 11.3 Å². The molecule has 6 nitrogen and oxygen atoms in total. The smallest absolute Gasteiger partial charge is 0.253 e. The molecule has 2 heterocycles. The molecule has 0 saturated carbocycles. The van der Waals surface area contributed by atoms with Gasteiger partial charge in [0, 0.05) is 70.0 Å². The van der Waals surface area contributed by atoms with Crippen molar-refractivity contribution in [3.05, 3.63) is 65.5 Å². The predicted octanol–water partition coefficient (Wildman–Crippen LogP) is 3.52. The minimum atomic E-state index is -0.402. The second kappa shape index (κ2) is 11.1. The fourth-order valence-electron chi connectivity index (χ4n) is 4.91. The van der Waals surface area contributed by atoms with Gasteiger partial charge in [-0.2, -0.15) is 0 Å². The number of carbonyl (C=O) groups is 2. The second-order valence-corrected chi connectivity index (χ2v) is 9.66. The summed E-state index contributed by atoms with van der Waals surface area (Å²) < 4.78 is 13.4. The van der Waals surface area contributed by atoms with E-state index in [0.29, 0.717) is 31.1 Å². The molecule has 7 heteroatoms. The number of piperazine rings is 1. The zero-order valence-corrected chi connectivity index (χ0v) is 20.2. The first kappa shape index (κ1) is 24.4. The van der Waals surface area contributed by atoms with Crippen molar-refractivity contribution in [3.63, 3.8) is 0 Å². The zero-order valence-electron chi connectivity index (χ0n) is 20.2. The number of amides is 2. The highest BCUT2D eigenvalue weighted by atomic mass is 19.1. The summed E-state index contributed by atoms with van der Waals surface area (Å²) in [5.41, 5.74) is 2.54. The molecular weight excluding hydrogens is 431 g/mol. The van der Waals surface area contributed by atoms with Crippen molar-refractivity contribution in [2.45, 2.75) is 38.8 Å². The first-order valence-corrected chi connectivity index (χ1v) is 12.2. The first-order valence-electron chi connectivity index (χ1n) is 12.2. The second-order valence-electron chi connectivity index (χ2n) is 9.66. The molecule has 2 aliphatic rings. The number of likely N-dealkylation sites (tertiary alicyclic amines) is 1. The van der Waals surface area contributed by atoms with Crippen LogP contribution in [-0.4, -0.2) is 67.4 Å². The van der Waals surface area contributed by atoms with Crippen LogP contribution in [0.15, 0.2) is 48.5 Å². The molecule has 0 radical (unpaired) electrons. The molecule has 2 amide bonds. The molecule has 0 spiro atoms. The van der Waals surface area contributed by atoms with Crippen LogP contribution in [0.2, 0.25) is 0 Å². The Morgan fingerprint density at radius 1 is 1.09 bits per heavy atom. The van der Waals surface area contributed by atoms with E-state index in [4.69, 9.17) is 0 Å². The topological polar surface area (TPSA) is 55.9 Å². The molecule has 0 bridgehead atoms. The van der Waals surface area contributed by atoms with Crippen LogP contribution in [0, 0.1) is 11.7 Å². The molecular formula is C27H35FN4O2. The van der Waals surface area contributed by atoms with Crippen molar-refractivity contribution in [2.24, 2.45) is 5.92 Å². The molecule has 2 saturated heterocycles. The SMILES string of the molecule is C[C@H]1CN(Cc2ccc(N(C)C(=O)CC3CCN(C(=O)c4cccc(F)c4)CC3)cc2)CCN1. The average Bonchev–Trinajstić information content (AvgIpc) is 2.84. The summed E-state index contributed by atoms with van der Waals surface area (Å²) in [6.07, 6.45) is 2.03. The van der Waals surface area contributed by atoms with Gasteiger partial charge in [0.05, 0.1) is 0 Å². The maximum absolute atomic E-state index is 13.4. The molecule has 182 valence electrons. The average molecular weight is 467 g/mol. The largest absolute Gasteiger partial charge is 0.339 e. The highest BCUT2D eigenvalue weighted by molar-refractivity contribution is 5.94. The quantitative estimate of drug-likeness (QED) is 0.708. The number of anilines is 1. The Labute approximate surface area is 201 Å². The van der Waals surface area contributed by atoms with Gasteiger partial charge in [0.25, 0.3) is 5.91 Å². The lowest BCUT2D eigenvalue weighted by Crippen LogP contribution is -2.48. The number of hydrogen-bond acceptors (Lipinski definition) is 4. The Hall–Kier alpha value is -2.77. The van der Waals surface area contributed by atoms with Crippen LogP contribution in [0.5, 0.6) is 0 Å². The van der Waals surface area contributed by atoms with Gasteiger partial charge in [0.2, 0.25) is 5.91 Å². The third-order valence-corrected chi connectivity index (χ3v) is 6.99. The van der Waals surface area contributed by atoms with Crippen molar-refractivity contribution in [2.75, 3.05) is 44.7 Å². The molecule has 34 heavy (non-hydrogen) atoms. The van der Waals surface area contributed by atoms with Crippen LogP contribution in [0.1, 0.15) is 42.1 Å². The van der Waals surface area contributed by atoms with Crippen molar-refractivity contribution >= 4 is 17.5 Å². The highest BCUT2D eigenvalue weighted by Crippen LogP contribution is 2.24. The number of carbonyl (C=O) groups excluding carboxylic acids is 2. The van der Waals surface area contributed by atoms with Crippen molar-refractivity contribution in [1.29, 1.82) is 0 Å². The van der Waals surface area contributed by atoms with Crippen LogP contribution >= 0.6 is 0 Å². The van der Waals surface area contributed by atoms with Crippen LogP contribution in [0.4, 0.5) is 10.1 Å². The number of nitrogens with zero attached hydrogens (tertiary/aromatic N) is 3. The summed E-state index contributed by atoms with van der Waals surface area (Å²) in [5.74, 6) is -0.198. The number of nitrogens with one attached hydrogen (secondary N) is 1. The van der Waals surface area contributed by atoms with Gasteiger partial charge in [-0.1, -0.05) is 18.2 Å². The summed E-state index contributed by atoms with van der Waals surface area (Å²) in [4.78, 5) is 31.5. The Morgan fingerprint density at radius 2 is 1.82 bits per heavy atom. The number of rotatable bonds is 6. The van der Waals surface area contributed by atoms with Crippen molar-refractivity contribution in [3.8, 4) is 0 Å². The van der Waals surface area contributed by atoms with E-state index in [2.05, 4.69) is 29.3 Å². The Morgan fingerprint density at radius 3 is 2.50 bits per heavy atom. The third-order valence-electron chi connectivity index (χ3n) is 6.99. The molecule has 2 aliphatic heterocycles. The summed E-state index contributed by atoms with van der Waals surface area (Å²) >= 11 is 0. The Kier molecular flexibility index (Phi) is 7.95. The molecule has 0 unspecified atom stereocenters. The fourth-order valence-corrected chi connectivity index (χ4v) is 4.91. The van der Waals surface area contributed by atoms with E-state index in [1.807, 2.05) is 19.2 Å². The molecule has 0 aliphatic carbocycles. The minimum Gasteiger partial charge on any atom is -0.339 e. The van der Waals surface area contributed by atoms with E-state index >= 15 is 0 Å². The van der Waals surface area contributed by atoms with Gasteiger partial charge in [-0.05, 0) is 61.6 Å². The molecule has 4 rings (SSSR count). The van der Waals surface area contributed by atoms with Gasteiger partial charge >= 0.3 is 0 Å². The van der Waals surface area contributed by atoms with Gasteiger partial charge in [-0.25, -0.2) is 4.39 Å². The normalized spacial score (nSPS) is 19.7. The van der Waals surface area contributed by atoms with E-state index < -0.39 is 5.82 Å². The predicted molar refractivity (Wildman–Crippen MR) is 132 cm³/mol. The number of benzene rings is 2. The lowest BCUT2D eigenvalue weighted by molar-refractivity contribution is -0.119. The van der Waals surface area contributed by atoms with E-state index in [9.17, 15) is 14.0 Å². The lowest BCUT2D eigenvalue weighted by Gasteiger charge is -2.32. The molecule has 2 aromatic carbocycles. The maximum atomic E-state index is 13.4. The lowest BCUT2D eigenvalue weighted by atomic mass is 9.92. The monoisotopic (exact) mass is 466 g/mol. The first-order chi connectivity index (χ1) is 16.4. The van der Waals surface area contributed by atoms with E-state index in [1.165, 1.54) is 17.7 Å². The van der Waals surface area contributed by atoms with Gasteiger partial charge in [0.15, 0.2) is 0 Å². The van der Waals surface area contributed by atoms with Crippen LogP contribution in [0.25, 0.3) is 0 Å². The van der Waals surface area contributed by atoms with Gasteiger partial charge < -0.3 is 15.1 Å². The Bertz CT molecular complexity index is 988. The number of halogens is 1. The molecule has 1 atom stereocenters. The van der Waals surface area contributed by atoms with Crippen molar-refractivity contribution in [1.82, 2.24) is 15.1 Å². The third kappa shape index (κ3) is 6.21. The van der Waals surface area contributed by atoms with Crippen LogP contribution in [0.3, 0.4) is 0 Å². The minimum absolute atomic E-state index is 0.0959. The summed E-state index contributed by atoms with van der Waals surface area (Å²) in [6, 6.07) is 14.6. The summed E-state index contributed by atoms with van der Waals surface area (Å²) in [7, 11) is 1.83. The maximum Gasteiger partial charge on any atom is 0.253 e. The van der Waals surface area contributed by atoms with E-state index in [-0.39, 0.29) is 17.7 Å². The van der Waals surface area contributed by atoms with Gasteiger partial charge in [-0.15, -0.1) is 0 Å². The fraction of sp³-hybridized carbons (Fsp3) is 0.481. The molecule has 2 fully saturated rings. The zero-order chi connectivity index (χ0) is 24.1. The summed E-state index contributed by atoms with van der Waals surface area (Å²) in [5, 5.41) is 3.47. The van der Waals surface area contributed by atoms with Gasteiger partial charge in [0.1, 0.15) is 5.82 Å². The van der Waals surface area contributed by atoms with E-state index in [0.717, 1.165) is 44.7 Å². The molecule has 1 N–H and O–H groups in total. The summed E-state index contributed by atoms with van der Waals surface area (Å²) in [6.45, 7) is 7.45. The number of hydrogen-bond donors (Lipinski definition) is 1. The van der Waals surface area contributed by atoms with Crippen LogP contribution < -0.4 is 10.2 Å². The molecule has 2 aromatic rings. The number of piperidine rings is 1. The van der Waals surface area contributed by atoms with Gasteiger partial charge in [-0.3, -0.25) is 14.5 Å². The van der Waals surface area contributed by atoms with Crippen molar-refractivity contribution < 1.29 is 14.0 Å². The standard InChI is InChI=1S/C27H35FN4O2/c1-20-18-31(15-12-29-20)19-22-6-8-25(9-7-22)30(2)26(33)16-21-10-13-32(14-11-21)27(34)23-4-3-5-24(28)17-23/h3-9,17,20-21,29H,10-16,18-19H2,1-2H3/t20-/m0/s1. The van der Waals surface area contributed by atoms with E-state index in [1.54, 1.807) is 21.9 Å². The Balaban J connectivity index is 1.25. The highest BCUT2D eigenvalue weighted by Gasteiger charge is 2.26.